The van der Waals surface area contributed by atoms with Crippen molar-refractivity contribution in [2.45, 2.75) is 45.1 Å². The number of nitrogen functional groups attached to an aromatic ring is 1. The van der Waals surface area contributed by atoms with E-state index in [2.05, 4.69) is 27.1 Å². The molecule has 13 nitrogen and oxygen atoms in total. The number of hydrogen-bond acceptors (Lipinski definition) is 12. The van der Waals surface area contributed by atoms with Gasteiger partial charge in [0.2, 0.25) is 5.95 Å². The van der Waals surface area contributed by atoms with Crippen LogP contribution in [0.2, 0.25) is 0 Å². The minimum atomic E-state index is -1.21. The molecule has 0 aliphatic carbocycles. The highest BCUT2D eigenvalue weighted by atomic mass is 16.6. The van der Waals surface area contributed by atoms with E-state index in [1.165, 1.54) is 13.8 Å². The molecule has 33 heavy (non-hydrogen) atoms. The van der Waals surface area contributed by atoms with Gasteiger partial charge in [0.25, 0.3) is 5.56 Å². The summed E-state index contributed by atoms with van der Waals surface area (Å²) in [7, 11) is 0. The van der Waals surface area contributed by atoms with Crippen LogP contribution in [0.4, 0.5) is 11.8 Å². The van der Waals surface area contributed by atoms with E-state index in [1.807, 2.05) is 0 Å². The van der Waals surface area contributed by atoms with Gasteiger partial charge in [-0.25, -0.2) is 0 Å². The largest absolute Gasteiger partial charge is 0.464 e. The van der Waals surface area contributed by atoms with Gasteiger partial charge in [-0.05, 0) is 12.8 Å². The van der Waals surface area contributed by atoms with Crippen LogP contribution in [0.1, 0.15) is 32.8 Å². The van der Waals surface area contributed by atoms with Crippen molar-refractivity contribution in [3.8, 4) is 11.8 Å². The first-order valence-corrected chi connectivity index (χ1v) is 9.96. The van der Waals surface area contributed by atoms with Crippen LogP contribution in [0.25, 0.3) is 0 Å². The fourth-order valence-corrected chi connectivity index (χ4v) is 3.10. The number of nitrogens with one attached hydrogen (secondary N) is 3. The minimum absolute atomic E-state index is 0.0674. The second-order valence-corrected chi connectivity index (χ2v) is 7.59. The summed E-state index contributed by atoms with van der Waals surface area (Å²) < 4.78 is 15.4. The zero-order chi connectivity index (χ0) is 24.8. The number of rotatable bonds is 8. The molecule has 1 aliphatic heterocycles. The standard InChI is InChI=1S/C20H27N5O8/c1-10(27)31-8-12(9-32-11(2)28)4-5-13(21)16-17(23-19(22)24-18(16)30)25-20(3)6-14(29)15(7-26)33-20/h12,14-15,21,26,29H,6-9H2,1-3H3,(H4,22,23,24,25,30)/t14?,15-,20?/m1/s1. The first-order chi connectivity index (χ1) is 15.4. The third-order valence-corrected chi connectivity index (χ3v) is 4.57. The third-order valence-electron chi connectivity index (χ3n) is 4.57. The summed E-state index contributed by atoms with van der Waals surface area (Å²) in [4.78, 5) is 41.0. The van der Waals surface area contributed by atoms with Crippen LogP contribution in [0, 0.1) is 23.2 Å². The fraction of sp³-hybridized carbons (Fsp3) is 0.550. The number of esters is 2. The van der Waals surface area contributed by atoms with Crippen LogP contribution >= 0.6 is 0 Å². The lowest BCUT2D eigenvalue weighted by Crippen LogP contribution is -2.37. The summed E-state index contributed by atoms with van der Waals surface area (Å²) in [6, 6.07) is 0. The van der Waals surface area contributed by atoms with Crippen LogP contribution in [-0.2, 0) is 23.8 Å². The molecule has 2 rings (SSSR count). The number of nitrogens with zero attached hydrogens (tertiary/aromatic N) is 1. The first-order valence-electron chi connectivity index (χ1n) is 9.96. The summed E-state index contributed by atoms with van der Waals surface area (Å²) in [6.45, 7) is 3.22. The molecule has 7 N–H and O–H groups in total. The van der Waals surface area contributed by atoms with Gasteiger partial charge < -0.3 is 35.5 Å². The Kier molecular flexibility index (Phi) is 8.52. The third kappa shape index (κ3) is 7.28. The van der Waals surface area contributed by atoms with Gasteiger partial charge in [0.15, 0.2) is 0 Å². The second kappa shape index (κ2) is 10.9. The number of nitrogens with two attached hydrogens (primary N) is 1. The SMILES string of the molecule is CC(=O)OCC(C#CC(=N)c1c(NC2(C)CC(O)[C@@H](CO)O2)nc(N)[nH]c1=O)COC(C)=O. The number of carbonyl (C=O) groups is 2. The lowest BCUT2D eigenvalue weighted by molar-refractivity contribution is -0.144. The Morgan fingerprint density at radius 1 is 1.39 bits per heavy atom. The topological polar surface area (TPSA) is 210 Å². The van der Waals surface area contributed by atoms with Crippen molar-refractivity contribution in [3.05, 3.63) is 15.9 Å². The van der Waals surface area contributed by atoms with Crippen molar-refractivity contribution < 1.29 is 34.0 Å². The summed E-state index contributed by atoms with van der Waals surface area (Å²) in [6.07, 6.45) is -1.73. The van der Waals surface area contributed by atoms with Gasteiger partial charge in [0.05, 0.1) is 18.6 Å². The van der Waals surface area contributed by atoms with Crippen LogP contribution in [0.5, 0.6) is 0 Å². The van der Waals surface area contributed by atoms with E-state index in [-0.39, 0.29) is 37.0 Å². The Hall–Kier alpha value is -3.47. The maximum atomic E-state index is 12.5. The highest BCUT2D eigenvalue weighted by Crippen LogP contribution is 2.31. The van der Waals surface area contributed by atoms with Gasteiger partial charge in [-0.1, -0.05) is 5.92 Å². The van der Waals surface area contributed by atoms with Crippen molar-refractivity contribution >= 4 is 29.4 Å². The Bertz CT molecular complexity index is 1010. The summed E-state index contributed by atoms with van der Waals surface area (Å²) in [5.74, 6) is 2.95. The van der Waals surface area contributed by atoms with E-state index < -0.39 is 53.7 Å². The van der Waals surface area contributed by atoms with E-state index in [1.54, 1.807) is 6.92 Å². The van der Waals surface area contributed by atoms with Gasteiger partial charge in [-0.15, -0.1) is 0 Å². The molecule has 13 heteroatoms. The highest BCUT2D eigenvalue weighted by molar-refractivity contribution is 6.13. The van der Waals surface area contributed by atoms with Gasteiger partial charge >= 0.3 is 11.9 Å². The number of hydrogen-bond donors (Lipinski definition) is 6. The molecule has 2 heterocycles. The molecular weight excluding hydrogens is 438 g/mol. The monoisotopic (exact) mass is 465 g/mol. The molecule has 0 spiro atoms. The Morgan fingerprint density at radius 3 is 2.52 bits per heavy atom. The highest BCUT2D eigenvalue weighted by Gasteiger charge is 2.43. The average molecular weight is 465 g/mol. The van der Waals surface area contributed by atoms with Crippen LogP contribution in [0.15, 0.2) is 4.79 Å². The molecule has 0 bridgehead atoms. The number of H-pyrrole nitrogens is 1. The maximum Gasteiger partial charge on any atom is 0.302 e. The Labute approximate surface area is 189 Å². The normalized spacial score (nSPS) is 21.8. The smallest absolute Gasteiger partial charge is 0.302 e. The van der Waals surface area contributed by atoms with Crippen LogP contribution in [-0.4, -0.2) is 75.6 Å². The number of aromatic amines is 1. The van der Waals surface area contributed by atoms with Gasteiger partial charge in [0, 0.05) is 20.3 Å². The number of ether oxygens (including phenoxy) is 3. The summed E-state index contributed by atoms with van der Waals surface area (Å²) >= 11 is 0. The quantitative estimate of drug-likeness (QED) is 0.151. The van der Waals surface area contributed by atoms with Crippen molar-refractivity contribution in [1.29, 1.82) is 5.41 Å². The van der Waals surface area contributed by atoms with E-state index >= 15 is 0 Å². The summed E-state index contributed by atoms with van der Waals surface area (Å²) in [5.41, 5.74) is 2.99. The predicted molar refractivity (Wildman–Crippen MR) is 115 cm³/mol. The Balaban J connectivity index is 2.32. The molecule has 0 saturated carbocycles. The molecule has 0 aromatic carbocycles. The van der Waals surface area contributed by atoms with Crippen molar-refractivity contribution in [2.24, 2.45) is 5.92 Å². The van der Waals surface area contributed by atoms with Gasteiger partial charge in [0.1, 0.15) is 42.1 Å². The van der Waals surface area contributed by atoms with E-state index in [9.17, 15) is 24.6 Å². The fourth-order valence-electron chi connectivity index (χ4n) is 3.10. The molecule has 1 fully saturated rings. The molecule has 180 valence electrons. The average Bonchev–Trinajstić information content (AvgIpc) is 2.99. The molecule has 2 unspecified atom stereocenters. The Morgan fingerprint density at radius 2 is 2.00 bits per heavy atom. The number of carbonyl (C=O) groups excluding carboxylic acids is 2. The number of aliphatic hydroxyl groups excluding tert-OH is 2. The number of aliphatic hydroxyl groups is 2. The predicted octanol–water partition coefficient (Wildman–Crippen LogP) is -1.26. The van der Waals surface area contributed by atoms with E-state index in [0.29, 0.717) is 0 Å². The molecule has 1 aromatic heterocycles. The lowest BCUT2D eigenvalue weighted by Gasteiger charge is -2.27. The molecule has 1 saturated heterocycles. The zero-order valence-corrected chi connectivity index (χ0v) is 18.4. The van der Waals surface area contributed by atoms with E-state index in [0.717, 1.165) is 0 Å². The van der Waals surface area contributed by atoms with Crippen molar-refractivity contribution in [3.63, 3.8) is 0 Å². The van der Waals surface area contributed by atoms with E-state index in [4.69, 9.17) is 25.4 Å². The molecule has 1 aliphatic rings. The second-order valence-electron chi connectivity index (χ2n) is 7.59. The zero-order valence-electron chi connectivity index (χ0n) is 18.4. The minimum Gasteiger partial charge on any atom is -0.464 e. The maximum absolute atomic E-state index is 12.5. The van der Waals surface area contributed by atoms with Gasteiger partial charge in [-0.3, -0.25) is 24.8 Å². The van der Waals surface area contributed by atoms with Crippen LogP contribution in [0.3, 0.4) is 0 Å². The molecule has 0 amide bonds. The summed E-state index contributed by atoms with van der Waals surface area (Å²) in [5, 5.41) is 30.5. The first kappa shape index (κ1) is 25.8. The van der Waals surface area contributed by atoms with Crippen molar-refractivity contribution in [2.75, 3.05) is 30.9 Å². The molecule has 0 radical (unpaired) electrons. The number of aromatic nitrogens is 2. The number of anilines is 2. The van der Waals surface area contributed by atoms with Crippen LogP contribution < -0.4 is 16.6 Å². The molecular formula is C20H27N5O8. The molecule has 3 atom stereocenters. The van der Waals surface area contributed by atoms with Gasteiger partial charge in [-0.2, -0.15) is 4.98 Å². The lowest BCUT2D eigenvalue weighted by atomic mass is 10.1. The molecule has 1 aromatic rings. The van der Waals surface area contributed by atoms with Crippen molar-refractivity contribution in [1.82, 2.24) is 9.97 Å².